The molecule has 0 unspecified atom stereocenters. The van der Waals surface area contributed by atoms with Gasteiger partial charge in [0.1, 0.15) is 0 Å². The van der Waals surface area contributed by atoms with Crippen molar-refractivity contribution in [3.8, 4) is 0 Å². The monoisotopic (exact) mass is 234 g/mol. The van der Waals surface area contributed by atoms with Crippen LogP contribution >= 0.6 is 0 Å². The van der Waals surface area contributed by atoms with Crippen LogP contribution in [0.5, 0.6) is 0 Å². The van der Waals surface area contributed by atoms with Gasteiger partial charge in [-0.05, 0) is 24.3 Å². The average Bonchev–Trinajstić information content (AvgIpc) is 2.40. The van der Waals surface area contributed by atoms with Crippen LogP contribution in [-0.2, 0) is 4.74 Å². The Hall–Kier alpha value is -1.55. The highest BCUT2D eigenvalue weighted by atomic mass is 16.5. The molecule has 0 aliphatic carbocycles. The van der Waals surface area contributed by atoms with E-state index in [-0.39, 0.29) is 6.09 Å². The minimum Gasteiger partial charge on any atom is -0.452 e. The van der Waals surface area contributed by atoms with Crippen molar-refractivity contribution in [1.29, 1.82) is 0 Å². The summed E-state index contributed by atoms with van der Waals surface area (Å²) < 4.78 is 4.57. The Morgan fingerprint density at radius 1 is 1.29 bits per heavy atom. The number of amides is 1. The number of nitrogens with one attached hydrogen (secondary N) is 1. The Labute approximate surface area is 102 Å². The SMILES string of the molecule is COC(=O)NN1CCC(c2ccccc2)CC1. The van der Waals surface area contributed by atoms with Crippen LogP contribution in [0.1, 0.15) is 24.3 Å². The van der Waals surface area contributed by atoms with Crippen molar-refractivity contribution in [2.75, 3.05) is 20.2 Å². The first-order valence-corrected chi connectivity index (χ1v) is 5.94. The number of hydrogen-bond acceptors (Lipinski definition) is 3. The molecule has 0 aromatic heterocycles. The van der Waals surface area contributed by atoms with E-state index in [1.54, 1.807) is 0 Å². The third-order valence-electron chi connectivity index (χ3n) is 3.20. The zero-order valence-corrected chi connectivity index (χ0v) is 10.1. The highest BCUT2D eigenvalue weighted by molar-refractivity contribution is 5.66. The van der Waals surface area contributed by atoms with Crippen LogP contribution in [0, 0.1) is 0 Å². The first-order valence-electron chi connectivity index (χ1n) is 5.94. The number of nitrogens with zero attached hydrogens (tertiary/aromatic N) is 1. The normalized spacial score (nSPS) is 17.7. The van der Waals surface area contributed by atoms with E-state index in [2.05, 4.69) is 34.4 Å². The molecule has 1 aliphatic rings. The molecule has 2 rings (SSSR count). The van der Waals surface area contributed by atoms with Crippen molar-refractivity contribution < 1.29 is 9.53 Å². The molecule has 0 bridgehead atoms. The lowest BCUT2D eigenvalue weighted by molar-refractivity contribution is 0.106. The molecule has 1 heterocycles. The Morgan fingerprint density at radius 3 is 2.53 bits per heavy atom. The summed E-state index contributed by atoms with van der Waals surface area (Å²) in [7, 11) is 1.38. The van der Waals surface area contributed by atoms with Gasteiger partial charge in [-0.2, -0.15) is 0 Å². The fourth-order valence-electron chi connectivity index (χ4n) is 2.22. The van der Waals surface area contributed by atoms with E-state index in [0.29, 0.717) is 5.92 Å². The van der Waals surface area contributed by atoms with Crippen LogP contribution in [0.4, 0.5) is 4.79 Å². The van der Waals surface area contributed by atoms with Crippen molar-refractivity contribution in [3.05, 3.63) is 35.9 Å². The number of hydrogen-bond donors (Lipinski definition) is 1. The smallest absolute Gasteiger partial charge is 0.421 e. The Kier molecular flexibility index (Phi) is 3.98. The van der Waals surface area contributed by atoms with Gasteiger partial charge in [0.05, 0.1) is 7.11 Å². The molecule has 4 heteroatoms. The third-order valence-corrected chi connectivity index (χ3v) is 3.20. The molecule has 1 fully saturated rings. The molecule has 17 heavy (non-hydrogen) atoms. The van der Waals surface area contributed by atoms with Gasteiger partial charge in [-0.3, -0.25) is 5.43 Å². The van der Waals surface area contributed by atoms with Gasteiger partial charge in [-0.1, -0.05) is 30.3 Å². The lowest BCUT2D eigenvalue weighted by Gasteiger charge is -2.31. The van der Waals surface area contributed by atoms with E-state index in [1.165, 1.54) is 12.7 Å². The Bertz CT molecular complexity index is 359. The molecule has 0 radical (unpaired) electrons. The molecule has 1 aliphatic heterocycles. The van der Waals surface area contributed by atoms with Crippen molar-refractivity contribution in [2.24, 2.45) is 0 Å². The third kappa shape index (κ3) is 3.20. The number of carbonyl (C=O) groups excluding carboxylic acids is 1. The largest absolute Gasteiger partial charge is 0.452 e. The minimum absolute atomic E-state index is 0.386. The lowest BCUT2D eigenvalue weighted by Crippen LogP contribution is -2.46. The van der Waals surface area contributed by atoms with E-state index >= 15 is 0 Å². The van der Waals surface area contributed by atoms with Gasteiger partial charge < -0.3 is 4.74 Å². The standard InChI is InChI=1S/C13H18N2O2/c1-17-13(16)14-15-9-7-12(8-10-15)11-5-3-2-4-6-11/h2-6,12H,7-10H2,1H3,(H,14,16). The molecule has 1 saturated heterocycles. The number of piperidine rings is 1. The number of carbonyl (C=O) groups is 1. The maximum Gasteiger partial charge on any atom is 0.421 e. The van der Waals surface area contributed by atoms with Crippen molar-refractivity contribution in [2.45, 2.75) is 18.8 Å². The number of methoxy groups -OCH3 is 1. The average molecular weight is 234 g/mol. The molecule has 0 atom stereocenters. The Morgan fingerprint density at radius 2 is 1.94 bits per heavy atom. The molecule has 4 nitrogen and oxygen atoms in total. The molecule has 1 aromatic rings. The summed E-state index contributed by atoms with van der Waals surface area (Å²) >= 11 is 0. The van der Waals surface area contributed by atoms with Crippen molar-refractivity contribution in [3.63, 3.8) is 0 Å². The zero-order valence-electron chi connectivity index (χ0n) is 10.1. The fraction of sp³-hybridized carbons (Fsp3) is 0.462. The van der Waals surface area contributed by atoms with Crippen LogP contribution in [0.25, 0.3) is 0 Å². The second kappa shape index (κ2) is 5.68. The van der Waals surface area contributed by atoms with E-state index < -0.39 is 0 Å². The van der Waals surface area contributed by atoms with Crippen LogP contribution in [0.3, 0.4) is 0 Å². The molecule has 0 spiro atoms. The molecule has 92 valence electrons. The van der Waals surface area contributed by atoms with E-state index in [4.69, 9.17) is 0 Å². The molecule has 1 amide bonds. The van der Waals surface area contributed by atoms with E-state index in [9.17, 15) is 4.79 Å². The summed E-state index contributed by atoms with van der Waals surface area (Å²) in [5.41, 5.74) is 4.11. The van der Waals surface area contributed by atoms with E-state index in [0.717, 1.165) is 25.9 Å². The topological polar surface area (TPSA) is 41.6 Å². The van der Waals surface area contributed by atoms with Gasteiger partial charge in [0.15, 0.2) is 0 Å². The number of rotatable bonds is 2. The van der Waals surface area contributed by atoms with Crippen LogP contribution in [-0.4, -0.2) is 31.3 Å². The minimum atomic E-state index is -0.386. The summed E-state index contributed by atoms with van der Waals surface area (Å²) in [5.74, 6) is 0.604. The first kappa shape index (κ1) is 11.9. The van der Waals surface area contributed by atoms with Crippen LogP contribution in [0.2, 0.25) is 0 Å². The van der Waals surface area contributed by atoms with Crippen LogP contribution < -0.4 is 5.43 Å². The molecular weight excluding hydrogens is 216 g/mol. The highest BCUT2D eigenvalue weighted by Crippen LogP contribution is 2.26. The zero-order chi connectivity index (χ0) is 12.1. The van der Waals surface area contributed by atoms with Gasteiger partial charge >= 0.3 is 6.09 Å². The van der Waals surface area contributed by atoms with Gasteiger partial charge in [0.2, 0.25) is 0 Å². The predicted molar refractivity (Wildman–Crippen MR) is 65.5 cm³/mol. The predicted octanol–water partition coefficient (Wildman–Crippen LogP) is 2.14. The molecule has 1 aromatic carbocycles. The van der Waals surface area contributed by atoms with Gasteiger partial charge in [0, 0.05) is 13.1 Å². The first-order chi connectivity index (χ1) is 8.29. The second-order valence-corrected chi connectivity index (χ2v) is 4.28. The van der Waals surface area contributed by atoms with Gasteiger partial charge in [-0.15, -0.1) is 0 Å². The summed E-state index contributed by atoms with van der Waals surface area (Å²) in [4.78, 5) is 11.1. The lowest BCUT2D eigenvalue weighted by atomic mass is 9.90. The maximum atomic E-state index is 11.1. The molecule has 0 saturated carbocycles. The van der Waals surface area contributed by atoms with E-state index in [1.807, 2.05) is 11.1 Å². The maximum absolute atomic E-state index is 11.1. The number of hydrazine groups is 1. The van der Waals surface area contributed by atoms with Gasteiger partial charge in [-0.25, -0.2) is 9.80 Å². The molecular formula is C13H18N2O2. The summed E-state index contributed by atoms with van der Waals surface area (Å²) in [5, 5.41) is 1.92. The Balaban J connectivity index is 1.84. The van der Waals surface area contributed by atoms with Crippen molar-refractivity contribution in [1.82, 2.24) is 10.4 Å². The fourth-order valence-corrected chi connectivity index (χ4v) is 2.22. The van der Waals surface area contributed by atoms with Gasteiger partial charge in [0.25, 0.3) is 0 Å². The summed E-state index contributed by atoms with van der Waals surface area (Å²) in [6.45, 7) is 1.74. The quantitative estimate of drug-likeness (QED) is 0.852. The highest BCUT2D eigenvalue weighted by Gasteiger charge is 2.21. The number of ether oxygens (including phenoxy) is 1. The summed E-state index contributed by atoms with van der Waals surface area (Å²) in [6.07, 6.45) is 1.74. The van der Waals surface area contributed by atoms with Crippen molar-refractivity contribution >= 4 is 6.09 Å². The number of benzene rings is 1. The van der Waals surface area contributed by atoms with Crippen LogP contribution in [0.15, 0.2) is 30.3 Å². The second-order valence-electron chi connectivity index (χ2n) is 4.28. The summed E-state index contributed by atoms with van der Waals surface area (Å²) in [6, 6.07) is 10.5. The molecule has 1 N–H and O–H groups in total.